The Hall–Kier alpha value is -1.37. The molecular weight excluding hydrogens is 313 g/mol. The van der Waals surface area contributed by atoms with Gasteiger partial charge in [0.15, 0.2) is 0 Å². The van der Waals surface area contributed by atoms with Gasteiger partial charge in [0, 0.05) is 17.1 Å². The van der Waals surface area contributed by atoms with Crippen molar-refractivity contribution in [2.24, 2.45) is 0 Å². The minimum Gasteiger partial charge on any atom is -0.444 e. The number of benzene rings is 1. The summed E-state index contributed by atoms with van der Waals surface area (Å²) in [5, 5.41) is 22.4. The number of amides is 1. The third kappa shape index (κ3) is 5.44. The normalized spacial score (nSPS) is 14.4. The second kappa shape index (κ2) is 7.26. The van der Waals surface area contributed by atoms with Gasteiger partial charge >= 0.3 is 6.09 Å². The van der Waals surface area contributed by atoms with E-state index in [0.29, 0.717) is 5.56 Å². The molecule has 3 N–H and O–H groups in total. The summed E-state index contributed by atoms with van der Waals surface area (Å²) < 4.78 is 18.5. The van der Waals surface area contributed by atoms with Gasteiger partial charge < -0.3 is 20.3 Å². The minimum atomic E-state index is -1.43. The van der Waals surface area contributed by atoms with Crippen LogP contribution in [0.3, 0.4) is 0 Å². The zero-order valence-corrected chi connectivity index (χ0v) is 13.7. The van der Waals surface area contributed by atoms with Gasteiger partial charge in [-0.25, -0.2) is 9.18 Å². The van der Waals surface area contributed by atoms with Gasteiger partial charge in [0.05, 0.1) is 0 Å². The molecule has 0 aliphatic carbocycles. The molecule has 1 aromatic rings. The molecule has 0 saturated carbocycles. The van der Waals surface area contributed by atoms with E-state index in [1.54, 1.807) is 20.8 Å². The maximum atomic E-state index is 13.5. The Morgan fingerprint density at radius 1 is 1.41 bits per heavy atom. The Bertz CT molecular complexity index is 545. The Morgan fingerprint density at radius 3 is 2.55 bits per heavy atom. The number of carbonyl (C=O) groups excluding carboxylic acids is 1. The number of halogens is 2. The van der Waals surface area contributed by atoms with Crippen LogP contribution in [0, 0.1) is 12.7 Å². The lowest BCUT2D eigenvalue weighted by Crippen LogP contribution is -2.38. The number of aliphatic hydroxyl groups excluding tert-OH is 2. The van der Waals surface area contributed by atoms with Crippen LogP contribution in [-0.4, -0.2) is 34.6 Å². The summed E-state index contributed by atoms with van der Waals surface area (Å²) in [7, 11) is 0. The first-order valence-corrected chi connectivity index (χ1v) is 7.17. The lowest BCUT2D eigenvalue weighted by atomic mass is 10.0. The van der Waals surface area contributed by atoms with Gasteiger partial charge in [0.25, 0.3) is 0 Å². The Labute approximate surface area is 134 Å². The van der Waals surface area contributed by atoms with E-state index in [1.165, 1.54) is 13.0 Å². The van der Waals surface area contributed by atoms with Crippen LogP contribution in [0.5, 0.6) is 0 Å². The van der Waals surface area contributed by atoms with Crippen LogP contribution in [0.1, 0.15) is 38.0 Å². The van der Waals surface area contributed by atoms with Crippen molar-refractivity contribution in [1.82, 2.24) is 5.32 Å². The molecule has 0 aliphatic heterocycles. The summed E-state index contributed by atoms with van der Waals surface area (Å²) in [5.74, 6) is -0.536. The zero-order chi connectivity index (χ0) is 17.1. The maximum absolute atomic E-state index is 13.5. The maximum Gasteiger partial charge on any atom is 0.407 e. The highest BCUT2D eigenvalue weighted by Crippen LogP contribution is 2.28. The van der Waals surface area contributed by atoms with Gasteiger partial charge in [-0.1, -0.05) is 11.6 Å². The summed E-state index contributed by atoms with van der Waals surface area (Å²) in [4.78, 5) is 11.5. The van der Waals surface area contributed by atoms with E-state index in [9.17, 15) is 19.4 Å². The highest BCUT2D eigenvalue weighted by Gasteiger charge is 2.24. The Kier molecular flexibility index (Phi) is 6.17. The molecule has 5 nitrogen and oxygen atoms in total. The number of hydrogen-bond donors (Lipinski definition) is 3. The molecule has 0 bridgehead atoms. The lowest BCUT2D eigenvalue weighted by Gasteiger charge is -2.22. The molecule has 2 unspecified atom stereocenters. The molecule has 1 aromatic carbocycles. The number of carbonyl (C=O) groups is 1. The summed E-state index contributed by atoms with van der Waals surface area (Å²) in [6.45, 7) is 6.38. The SMILES string of the molecule is Cc1cc(Cl)c(C(O)C(O)CNC(=O)OC(C)(C)C)cc1F. The Balaban J connectivity index is 2.68. The van der Waals surface area contributed by atoms with Gasteiger partial charge in [0.1, 0.15) is 23.6 Å². The van der Waals surface area contributed by atoms with Gasteiger partial charge in [-0.3, -0.25) is 0 Å². The first-order chi connectivity index (χ1) is 10.0. The van der Waals surface area contributed by atoms with E-state index in [0.717, 1.165) is 6.07 Å². The van der Waals surface area contributed by atoms with Gasteiger partial charge in [-0.05, 0) is 45.4 Å². The molecule has 0 saturated heterocycles. The average Bonchev–Trinajstić information content (AvgIpc) is 2.37. The molecule has 0 heterocycles. The highest BCUT2D eigenvalue weighted by molar-refractivity contribution is 6.31. The molecule has 0 fully saturated rings. The van der Waals surface area contributed by atoms with Crippen LogP contribution in [-0.2, 0) is 4.74 Å². The number of aliphatic hydroxyl groups is 2. The molecule has 1 rings (SSSR count). The number of hydrogen-bond acceptors (Lipinski definition) is 4. The topological polar surface area (TPSA) is 78.8 Å². The number of ether oxygens (including phenoxy) is 1. The second-order valence-electron chi connectivity index (χ2n) is 6.02. The summed E-state index contributed by atoms with van der Waals surface area (Å²) in [5.41, 5.74) is -0.276. The van der Waals surface area contributed by atoms with Crippen molar-refractivity contribution in [3.8, 4) is 0 Å². The van der Waals surface area contributed by atoms with E-state index >= 15 is 0 Å². The van der Waals surface area contributed by atoms with Crippen LogP contribution >= 0.6 is 11.6 Å². The summed E-state index contributed by atoms with van der Waals surface area (Å²) >= 11 is 5.94. The van der Waals surface area contributed by atoms with Crippen LogP contribution in [0.2, 0.25) is 5.02 Å². The summed E-state index contributed by atoms with van der Waals surface area (Å²) in [6.07, 6.45) is -3.51. The fourth-order valence-corrected chi connectivity index (χ4v) is 2.04. The second-order valence-corrected chi connectivity index (χ2v) is 6.43. The van der Waals surface area contributed by atoms with Crippen molar-refractivity contribution in [3.63, 3.8) is 0 Å². The van der Waals surface area contributed by atoms with Crippen molar-refractivity contribution >= 4 is 17.7 Å². The van der Waals surface area contributed by atoms with Crippen LogP contribution in [0.4, 0.5) is 9.18 Å². The van der Waals surface area contributed by atoms with Gasteiger partial charge in [-0.15, -0.1) is 0 Å². The van der Waals surface area contributed by atoms with E-state index in [4.69, 9.17) is 16.3 Å². The Morgan fingerprint density at radius 2 is 2.00 bits per heavy atom. The van der Waals surface area contributed by atoms with Gasteiger partial charge in [-0.2, -0.15) is 0 Å². The molecule has 22 heavy (non-hydrogen) atoms. The molecule has 0 aliphatic rings. The molecule has 7 heteroatoms. The number of rotatable bonds is 4. The highest BCUT2D eigenvalue weighted by atomic mass is 35.5. The van der Waals surface area contributed by atoms with Crippen LogP contribution < -0.4 is 5.32 Å². The molecule has 0 spiro atoms. The van der Waals surface area contributed by atoms with E-state index < -0.39 is 29.7 Å². The quantitative estimate of drug-likeness (QED) is 0.791. The fraction of sp³-hybridized carbons (Fsp3) is 0.533. The van der Waals surface area contributed by atoms with Crippen molar-refractivity contribution in [2.75, 3.05) is 6.54 Å². The zero-order valence-electron chi connectivity index (χ0n) is 13.0. The lowest BCUT2D eigenvalue weighted by molar-refractivity contribution is 0.0128. The predicted molar refractivity (Wildman–Crippen MR) is 81.4 cm³/mol. The van der Waals surface area contributed by atoms with Gasteiger partial charge in [0.2, 0.25) is 0 Å². The molecule has 124 valence electrons. The van der Waals surface area contributed by atoms with Crippen molar-refractivity contribution < 1.29 is 24.1 Å². The molecule has 2 atom stereocenters. The van der Waals surface area contributed by atoms with E-state index in [-0.39, 0.29) is 17.1 Å². The number of nitrogens with one attached hydrogen (secondary N) is 1. The van der Waals surface area contributed by atoms with E-state index in [2.05, 4.69) is 5.32 Å². The van der Waals surface area contributed by atoms with Crippen LogP contribution in [0.15, 0.2) is 12.1 Å². The van der Waals surface area contributed by atoms with Crippen LogP contribution in [0.25, 0.3) is 0 Å². The molecule has 1 amide bonds. The van der Waals surface area contributed by atoms with E-state index in [1.807, 2.05) is 0 Å². The molecule has 0 radical (unpaired) electrons. The predicted octanol–water partition coefficient (Wildman–Crippen LogP) is 2.71. The smallest absolute Gasteiger partial charge is 0.407 e. The number of alkyl carbamates (subject to hydrolysis) is 1. The largest absolute Gasteiger partial charge is 0.444 e. The average molecular weight is 334 g/mol. The molecular formula is C15H21ClFNO4. The fourth-order valence-electron chi connectivity index (χ4n) is 1.71. The third-order valence-electron chi connectivity index (χ3n) is 2.82. The third-order valence-corrected chi connectivity index (χ3v) is 3.14. The molecule has 0 aromatic heterocycles. The number of aryl methyl sites for hydroxylation is 1. The monoisotopic (exact) mass is 333 g/mol. The van der Waals surface area contributed by atoms with Crippen molar-refractivity contribution in [3.05, 3.63) is 34.1 Å². The van der Waals surface area contributed by atoms with Crippen molar-refractivity contribution in [1.29, 1.82) is 0 Å². The standard InChI is InChI=1S/C15H21ClFNO4/c1-8-5-10(16)9(6-11(8)17)13(20)12(19)7-18-14(21)22-15(2,3)4/h5-6,12-13,19-20H,7H2,1-4H3,(H,18,21). The van der Waals surface area contributed by atoms with Crippen molar-refractivity contribution in [2.45, 2.75) is 45.5 Å². The minimum absolute atomic E-state index is 0.0586. The first-order valence-electron chi connectivity index (χ1n) is 6.80. The first kappa shape index (κ1) is 18.7. The summed E-state index contributed by atoms with van der Waals surface area (Å²) in [6, 6.07) is 2.43.